The molecule has 0 radical (unpaired) electrons. The van der Waals surface area contributed by atoms with Gasteiger partial charge in [0.05, 0.1) is 4.88 Å². The van der Waals surface area contributed by atoms with E-state index in [1.54, 1.807) is 41.7 Å². The van der Waals surface area contributed by atoms with E-state index in [-0.39, 0.29) is 0 Å². The number of nitrogens with zero attached hydrogens (tertiary/aromatic N) is 5. The molecule has 0 unspecified atom stereocenters. The van der Waals surface area contributed by atoms with Gasteiger partial charge in [-0.3, -0.25) is 4.57 Å². The van der Waals surface area contributed by atoms with E-state index in [2.05, 4.69) is 38.2 Å². The molecule has 0 saturated heterocycles. The van der Waals surface area contributed by atoms with Crippen LogP contribution in [0.25, 0.3) is 16.6 Å². The van der Waals surface area contributed by atoms with Crippen molar-refractivity contribution in [1.29, 1.82) is 0 Å². The van der Waals surface area contributed by atoms with Crippen LogP contribution >= 0.6 is 11.3 Å². The Morgan fingerprint density at radius 3 is 2.74 bits per heavy atom. The fourth-order valence-corrected chi connectivity index (χ4v) is 2.44. The summed E-state index contributed by atoms with van der Waals surface area (Å²) >= 11 is 1.66. The molecule has 0 aliphatic heterocycles. The van der Waals surface area contributed by atoms with Crippen molar-refractivity contribution in [2.45, 2.75) is 6.92 Å². The lowest BCUT2D eigenvalue weighted by Gasteiger charge is -2.05. The van der Waals surface area contributed by atoms with Crippen molar-refractivity contribution in [1.82, 2.24) is 24.5 Å². The van der Waals surface area contributed by atoms with Crippen LogP contribution in [0.2, 0.25) is 0 Å². The minimum atomic E-state index is 0.541. The summed E-state index contributed by atoms with van der Waals surface area (Å²) in [5.41, 5.74) is 0. The zero-order chi connectivity index (χ0) is 13.2. The SMILES string of the molecule is CNc1nc(-c2ccc(C)s2)nc(-n2ccnc2)n1. The Hall–Kier alpha value is -2.28. The zero-order valence-electron chi connectivity index (χ0n) is 10.5. The average molecular weight is 272 g/mol. The van der Waals surface area contributed by atoms with Crippen LogP contribution in [0, 0.1) is 6.92 Å². The Kier molecular flexibility index (Phi) is 2.96. The Morgan fingerprint density at radius 2 is 2.11 bits per heavy atom. The molecular formula is C12H12N6S. The standard InChI is InChI=1S/C12H12N6S/c1-8-3-4-9(19-8)10-15-11(13-2)17-12(16-10)18-6-5-14-7-18/h3-7H,1-2H3,(H,13,15,16,17). The number of hydrogen-bond donors (Lipinski definition) is 1. The van der Waals surface area contributed by atoms with Gasteiger partial charge in [0.25, 0.3) is 0 Å². The van der Waals surface area contributed by atoms with Crippen LogP contribution in [0.15, 0.2) is 30.9 Å². The van der Waals surface area contributed by atoms with Crippen LogP contribution in [0.4, 0.5) is 5.95 Å². The lowest BCUT2D eigenvalue weighted by molar-refractivity contribution is 0.903. The third kappa shape index (κ3) is 2.32. The van der Waals surface area contributed by atoms with Crippen LogP contribution in [0.3, 0.4) is 0 Å². The van der Waals surface area contributed by atoms with Crippen molar-refractivity contribution < 1.29 is 0 Å². The fraction of sp³-hybridized carbons (Fsp3) is 0.167. The van der Waals surface area contributed by atoms with Crippen LogP contribution in [0.1, 0.15) is 4.88 Å². The van der Waals surface area contributed by atoms with Gasteiger partial charge in [-0.1, -0.05) is 0 Å². The van der Waals surface area contributed by atoms with Crippen molar-refractivity contribution in [3.8, 4) is 16.6 Å². The first-order chi connectivity index (χ1) is 9.26. The highest BCUT2D eigenvalue weighted by molar-refractivity contribution is 7.15. The predicted octanol–water partition coefficient (Wildman–Crippen LogP) is 2.14. The molecule has 0 spiro atoms. The van der Waals surface area contributed by atoms with Crippen molar-refractivity contribution in [3.63, 3.8) is 0 Å². The number of thiophene rings is 1. The Bertz CT molecular complexity index is 688. The van der Waals surface area contributed by atoms with E-state index in [9.17, 15) is 0 Å². The van der Waals surface area contributed by atoms with Crippen LogP contribution in [-0.4, -0.2) is 31.6 Å². The summed E-state index contributed by atoms with van der Waals surface area (Å²) in [6.45, 7) is 2.06. The molecular weight excluding hydrogens is 260 g/mol. The molecule has 0 amide bonds. The molecule has 3 aromatic rings. The second-order valence-corrected chi connectivity index (χ2v) is 5.20. The molecule has 19 heavy (non-hydrogen) atoms. The molecule has 0 atom stereocenters. The molecule has 1 N–H and O–H groups in total. The second kappa shape index (κ2) is 4.77. The molecule has 0 fully saturated rings. The first kappa shape index (κ1) is 11.8. The Morgan fingerprint density at radius 1 is 1.21 bits per heavy atom. The molecule has 3 rings (SSSR count). The van der Waals surface area contributed by atoms with Crippen molar-refractivity contribution in [2.24, 2.45) is 0 Å². The first-order valence-corrected chi connectivity index (χ1v) is 6.57. The minimum absolute atomic E-state index is 0.541. The molecule has 3 heterocycles. The van der Waals surface area contributed by atoms with Crippen molar-refractivity contribution >= 4 is 17.3 Å². The van der Waals surface area contributed by atoms with Gasteiger partial charge in [-0.05, 0) is 19.1 Å². The molecule has 7 heteroatoms. The number of rotatable bonds is 3. The lowest BCUT2D eigenvalue weighted by Crippen LogP contribution is -2.06. The van der Waals surface area contributed by atoms with Crippen LogP contribution in [0.5, 0.6) is 0 Å². The molecule has 0 aliphatic rings. The predicted molar refractivity (Wildman–Crippen MR) is 74.5 cm³/mol. The molecule has 6 nitrogen and oxygen atoms in total. The highest BCUT2D eigenvalue weighted by atomic mass is 32.1. The van der Waals surface area contributed by atoms with E-state index >= 15 is 0 Å². The third-order valence-electron chi connectivity index (χ3n) is 2.54. The summed E-state index contributed by atoms with van der Waals surface area (Å²) in [5.74, 6) is 1.76. The monoisotopic (exact) mass is 272 g/mol. The first-order valence-electron chi connectivity index (χ1n) is 5.75. The third-order valence-corrected chi connectivity index (χ3v) is 3.54. The largest absolute Gasteiger partial charge is 0.357 e. The highest BCUT2D eigenvalue weighted by Crippen LogP contribution is 2.25. The number of nitrogens with one attached hydrogen (secondary N) is 1. The zero-order valence-corrected chi connectivity index (χ0v) is 11.3. The van der Waals surface area contributed by atoms with E-state index in [4.69, 9.17) is 0 Å². The average Bonchev–Trinajstić information content (AvgIpc) is 3.09. The maximum atomic E-state index is 4.48. The molecule has 0 aromatic carbocycles. The van der Waals surface area contributed by atoms with Gasteiger partial charge in [0.1, 0.15) is 6.33 Å². The Labute approximate surface area is 114 Å². The number of hydrogen-bond acceptors (Lipinski definition) is 6. The van der Waals surface area contributed by atoms with Crippen molar-refractivity contribution in [3.05, 3.63) is 35.7 Å². The van der Waals surface area contributed by atoms with Gasteiger partial charge in [-0.2, -0.15) is 15.0 Å². The van der Waals surface area contributed by atoms with Crippen LogP contribution < -0.4 is 5.32 Å². The number of anilines is 1. The molecule has 96 valence electrons. The lowest BCUT2D eigenvalue weighted by atomic mass is 10.4. The summed E-state index contributed by atoms with van der Waals surface area (Å²) in [6, 6.07) is 4.08. The maximum absolute atomic E-state index is 4.48. The molecule has 0 aliphatic carbocycles. The normalized spacial score (nSPS) is 10.6. The van der Waals surface area contributed by atoms with E-state index in [0.29, 0.717) is 17.7 Å². The summed E-state index contributed by atoms with van der Waals surface area (Å²) < 4.78 is 1.76. The quantitative estimate of drug-likeness (QED) is 0.791. The molecule has 0 bridgehead atoms. The number of imidazole rings is 1. The highest BCUT2D eigenvalue weighted by Gasteiger charge is 2.10. The van der Waals surface area contributed by atoms with Gasteiger partial charge in [0.15, 0.2) is 5.82 Å². The van der Waals surface area contributed by atoms with E-state index < -0.39 is 0 Å². The smallest absolute Gasteiger partial charge is 0.240 e. The summed E-state index contributed by atoms with van der Waals surface area (Å²) in [5, 5.41) is 2.95. The van der Waals surface area contributed by atoms with Crippen molar-refractivity contribution in [2.75, 3.05) is 12.4 Å². The maximum Gasteiger partial charge on any atom is 0.240 e. The van der Waals surface area contributed by atoms with Gasteiger partial charge in [-0.25, -0.2) is 4.98 Å². The van der Waals surface area contributed by atoms with Gasteiger partial charge in [-0.15, -0.1) is 11.3 Å². The van der Waals surface area contributed by atoms with E-state index in [1.807, 2.05) is 6.07 Å². The summed E-state index contributed by atoms with van der Waals surface area (Å²) in [4.78, 5) is 19.4. The van der Waals surface area contributed by atoms with E-state index in [1.165, 1.54) is 4.88 Å². The van der Waals surface area contributed by atoms with Gasteiger partial charge < -0.3 is 5.32 Å². The van der Waals surface area contributed by atoms with Gasteiger partial charge in [0.2, 0.25) is 11.9 Å². The van der Waals surface area contributed by atoms with E-state index in [0.717, 1.165) is 4.88 Å². The van der Waals surface area contributed by atoms with Gasteiger partial charge >= 0.3 is 0 Å². The fourth-order valence-electron chi connectivity index (χ4n) is 1.63. The minimum Gasteiger partial charge on any atom is -0.357 e. The summed E-state index contributed by atoms with van der Waals surface area (Å²) in [7, 11) is 1.79. The second-order valence-electron chi connectivity index (χ2n) is 3.91. The molecule has 3 aromatic heterocycles. The van der Waals surface area contributed by atoms with Crippen LogP contribution in [-0.2, 0) is 0 Å². The summed E-state index contributed by atoms with van der Waals surface area (Å²) in [6.07, 6.45) is 5.16. The topological polar surface area (TPSA) is 68.5 Å². The number of aromatic nitrogens is 5. The number of aryl methyl sites for hydroxylation is 1. The van der Waals surface area contributed by atoms with Gasteiger partial charge in [0, 0.05) is 24.3 Å². The Balaban J connectivity index is 2.12. The molecule has 0 saturated carbocycles.